The minimum absolute atomic E-state index is 0. The van der Waals surface area contributed by atoms with E-state index in [0.717, 1.165) is 37.2 Å². The monoisotopic (exact) mass is 486 g/mol. The highest BCUT2D eigenvalue weighted by Gasteiger charge is 2.25. The van der Waals surface area contributed by atoms with Crippen molar-refractivity contribution in [3.8, 4) is 0 Å². The Labute approximate surface area is 176 Å². The number of likely N-dealkylation sites (tertiary alicyclic amines) is 1. The third-order valence-electron chi connectivity index (χ3n) is 4.47. The third-order valence-corrected chi connectivity index (χ3v) is 5.71. The maximum atomic E-state index is 4.44. The van der Waals surface area contributed by atoms with Crippen molar-refractivity contribution in [1.82, 2.24) is 25.0 Å². The molecule has 0 radical (unpaired) electrons. The van der Waals surface area contributed by atoms with Crippen LogP contribution in [0, 0.1) is 5.92 Å². The maximum Gasteiger partial charge on any atom is 0.194 e. The minimum Gasteiger partial charge on any atom is -0.349 e. The second-order valence-corrected chi connectivity index (χ2v) is 7.25. The Hall–Kier alpha value is -1.29. The van der Waals surface area contributed by atoms with Crippen molar-refractivity contribution in [3.63, 3.8) is 0 Å². The molecule has 3 rings (SSSR count). The van der Waals surface area contributed by atoms with Crippen LogP contribution in [0.2, 0.25) is 0 Å². The predicted molar refractivity (Wildman–Crippen MR) is 118 cm³/mol. The standard InChI is InChI=1S/C18H26N6S.HI/c1-3-23-14-21-22-17(23)11-20-18(19-2)24-10-9-15(12-24)13-25-16-7-5-4-6-8-16;/h4-8,14-15H,3,9-13H2,1-2H3,(H,19,20);1H. The molecule has 0 amide bonds. The van der Waals surface area contributed by atoms with Crippen molar-refractivity contribution in [1.29, 1.82) is 0 Å². The van der Waals surface area contributed by atoms with Gasteiger partial charge < -0.3 is 14.8 Å². The van der Waals surface area contributed by atoms with Gasteiger partial charge in [-0.25, -0.2) is 0 Å². The zero-order valence-corrected chi connectivity index (χ0v) is 18.5. The molecule has 1 fully saturated rings. The zero-order chi connectivity index (χ0) is 17.5. The van der Waals surface area contributed by atoms with Gasteiger partial charge in [-0.2, -0.15) is 0 Å². The van der Waals surface area contributed by atoms with E-state index in [4.69, 9.17) is 0 Å². The number of rotatable bonds is 6. The van der Waals surface area contributed by atoms with E-state index in [0.29, 0.717) is 12.5 Å². The van der Waals surface area contributed by atoms with Crippen molar-refractivity contribution in [3.05, 3.63) is 42.5 Å². The molecule has 2 heterocycles. The van der Waals surface area contributed by atoms with Crippen LogP contribution in [0.15, 0.2) is 46.5 Å². The van der Waals surface area contributed by atoms with Crippen molar-refractivity contribution < 1.29 is 0 Å². The molecule has 142 valence electrons. The first kappa shape index (κ1) is 21.0. The molecule has 0 aliphatic carbocycles. The van der Waals surface area contributed by atoms with Gasteiger partial charge in [0.15, 0.2) is 11.8 Å². The van der Waals surface area contributed by atoms with Crippen LogP contribution in [-0.4, -0.2) is 51.5 Å². The van der Waals surface area contributed by atoms with Gasteiger partial charge in [-0.1, -0.05) is 18.2 Å². The molecule has 1 aromatic carbocycles. The summed E-state index contributed by atoms with van der Waals surface area (Å²) < 4.78 is 2.05. The molecule has 0 saturated carbocycles. The molecule has 26 heavy (non-hydrogen) atoms. The fourth-order valence-electron chi connectivity index (χ4n) is 3.06. The summed E-state index contributed by atoms with van der Waals surface area (Å²) in [7, 11) is 1.85. The lowest BCUT2D eigenvalue weighted by Crippen LogP contribution is -2.40. The van der Waals surface area contributed by atoms with Crippen molar-refractivity contribution in [2.75, 3.05) is 25.9 Å². The molecule has 8 heteroatoms. The summed E-state index contributed by atoms with van der Waals surface area (Å²) in [6.45, 7) is 5.74. The van der Waals surface area contributed by atoms with Crippen molar-refractivity contribution in [2.24, 2.45) is 10.9 Å². The fourth-order valence-corrected chi connectivity index (χ4v) is 4.11. The van der Waals surface area contributed by atoms with Crippen LogP contribution in [0.4, 0.5) is 0 Å². The highest BCUT2D eigenvalue weighted by molar-refractivity contribution is 14.0. The van der Waals surface area contributed by atoms with Gasteiger partial charge >= 0.3 is 0 Å². The molecule has 1 aliphatic heterocycles. The number of aromatic nitrogens is 3. The van der Waals surface area contributed by atoms with E-state index in [9.17, 15) is 0 Å². The lowest BCUT2D eigenvalue weighted by atomic mass is 10.2. The molecule has 6 nitrogen and oxygen atoms in total. The first-order valence-electron chi connectivity index (χ1n) is 8.80. The predicted octanol–water partition coefficient (Wildman–Crippen LogP) is 3.11. The topological polar surface area (TPSA) is 58.3 Å². The summed E-state index contributed by atoms with van der Waals surface area (Å²) in [5.74, 6) is 3.75. The van der Waals surface area contributed by atoms with Gasteiger partial charge in [0.05, 0.1) is 6.54 Å². The van der Waals surface area contributed by atoms with Crippen LogP contribution < -0.4 is 5.32 Å². The molecule has 1 aromatic heterocycles. The Bertz CT molecular complexity index is 690. The first-order valence-corrected chi connectivity index (χ1v) is 9.78. The number of aliphatic imine (C=N–C) groups is 1. The number of halogens is 1. The second-order valence-electron chi connectivity index (χ2n) is 6.16. The highest BCUT2D eigenvalue weighted by Crippen LogP contribution is 2.25. The second kappa shape index (κ2) is 10.8. The Morgan fingerprint density at radius 1 is 1.35 bits per heavy atom. The van der Waals surface area contributed by atoms with Crippen LogP contribution in [0.1, 0.15) is 19.2 Å². The van der Waals surface area contributed by atoms with E-state index < -0.39 is 0 Å². The van der Waals surface area contributed by atoms with Gasteiger partial charge in [0.1, 0.15) is 6.33 Å². The normalized spacial score (nSPS) is 17.2. The van der Waals surface area contributed by atoms with Crippen LogP contribution >= 0.6 is 35.7 Å². The lowest BCUT2D eigenvalue weighted by molar-refractivity contribution is 0.471. The Kier molecular flexibility index (Phi) is 8.70. The molecular formula is C18H27IN6S. The number of guanidine groups is 1. The van der Waals surface area contributed by atoms with Crippen LogP contribution in [0.25, 0.3) is 0 Å². The van der Waals surface area contributed by atoms with E-state index >= 15 is 0 Å². The maximum absolute atomic E-state index is 4.44. The van der Waals surface area contributed by atoms with E-state index in [-0.39, 0.29) is 24.0 Å². The summed E-state index contributed by atoms with van der Waals surface area (Å²) in [4.78, 5) is 8.14. The first-order chi connectivity index (χ1) is 12.3. The Balaban J connectivity index is 0.00000243. The summed E-state index contributed by atoms with van der Waals surface area (Å²) in [6.07, 6.45) is 2.98. The molecule has 2 aromatic rings. The van der Waals surface area contributed by atoms with Crippen molar-refractivity contribution >= 4 is 41.7 Å². The molecule has 1 aliphatic rings. The minimum atomic E-state index is 0. The molecule has 1 saturated heterocycles. The van der Waals surface area contributed by atoms with Gasteiger partial charge in [-0.05, 0) is 31.4 Å². The van der Waals surface area contributed by atoms with E-state index in [1.807, 2.05) is 23.4 Å². The Morgan fingerprint density at radius 2 is 2.15 bits per heavy atom. The largest absolute Gasteiger partial charge is 0.349 e. The summed E-state index contributed by atoms with van der Waals surface area (Å²) in [5, 5.41) is 11.6. The van der Waals surface area contributed by atoms with Crippen molar-refractivity contribution in [2.45, 2.75) is 31.3 Å². The number of nitrogens with one attached hydrogen (secondary N) is 1. The number of benzene rings is 1. The van der Waals surface area contributed by atoms with Gasteiger partial charge in [-0.15, -0.1) is 45.9 Å². The third kappa shape index (κ3) is 5.60. The summed E-state index contributed by atoms with van der Waals surface area (Å²) in [6, 6.07) is 10.6. The van der Waals surface area contributed by atoms with E-state index in [2.05, 4.69) is 62.7 Å². The van der Waals surface area contributed by atoms with Gasteiger partial charge in [0.2, 0.25) is 0 Å². The molecule has 1 unspecified atom stereocenters. The van der Waals surface area contributed by atoms with E-state index in [1.54, 1.807) is 6.33 Å². The average molecular weight is 486 g/mol. The fraction of sp³-hybridized carbons (Fsp3) is 0.500. The molecule has 0 bridgehead atoms. The molecular weight excluding hydrogens is 459 g/mol. The highest BCUT2D eigenvalue weighted by atomic mass is 127. The number of hydrogen-bond donors (Lipinski definition) is 1. The number of thioether (sulfide) groups is 1. The lowest BCUT2D eigenvalue weighted by Gasteiger charge is -2.21. The SMILES string of the molecule is CCn1cnnc1CNC(=NC)N1CCC(CSc2ccccc2)C1.I. The zero-order valence-electron chi connectivity index (χ0n) is 15.3. The van der Waals surface area contributed by atoms with Gasteiger partial charge in [0.25, 0.3) is 0 Å². The molecule has 0 spiro atoms. The van der Waals surface area contributed by atoms with Gasteiger partial charge in [-0.3, -0.25) is 4.99 Å². The van der Waals surface area contributed by atoms with E-state index in [1.165, 1.54) is 11.3 Å². The van der Waals surface area contributed by atoms with Gasteiger partial charge in [0, 0.05) is 37.3 Å². The quantitative estimate of drug-likeness (QED) is 0.294. The average Bonchev–Trinajstić information content (AvgIpc) is 3.31. The summed E-state index contributed by atoms with van der Waals surface area (Å²) >= 11 is 1.95. The van der Waals surface area contributed by atoms with Crippen LogP contribution in [0.5, 0.6) is 0 Å². The molecule has 1 atom stereocenters. The summed E-state index contributed by atoms with van der Waals surface area (Å²) in [5.41, 5.74) is 0. The van der Waals surface area contributed by atoms with Crippen LogP contribution in [0.3, 0.4) is 0 Å². The number of nitrogens with zero attached hydrogens (tertiary/aromatic N) is 5. The molecule has 1 N–H and O–H groups in total. The van der Waals surface area contributed by atoms with Crippen LogP contribution in [-0.2, 0) is 13.1 Å². The number of hydrogen-bond acceptors (Lipinski definition) is 4. The Morgan fingerprint density at radius 3 is 2.88 bits per heavy atom. The smallest absolute Gasteiger partial charge is 0.194 e. The number of aryl methyl sites for hydroxylation is 1.